The number of Topliss-reactive ketones (excluding diaryl/α,β-unsaturated/α-hetero) is 3. The highest BCUT2D eigenvalue weighted by Crippen LogP contribution is 2.65. The third-order valence-corrected chi connectivity index (χ3v) is 10.6. The van der Waals surface area contributed by atoms with Gasteiger partial charge in [-0.05, 0) is 73.1 Å². The van der Waals surface area contributed by atoms with Gasteiger partial charge in [-0.1, -0.05) is 73.1 Å². The summed E-state index contributed by atoms with van der Waals surface area (Å²) >= 11 is 0. The Labute approximate surface area is 260 Å². The van der Waals surface area contributed by atoms with Crippen LogP contribution in [0.1, 0.15) is 110 Å². The minimum Gasteiger partial charge on any atom is -0.508 e. The molecule has 44 heavy (non-hydrogen) atoms. The van der Waals surface area contributed by atoms with Gasteiger partial charge in [0, 0.05) is 27.9 Å². The first-order chi connectivity index (χ1) is 20.3. The maximum absolute atomic E-state index is 14.6. The molecule has 0 spiro atoms. The Morgan fingerprint density at radius 1 is 1.02 bits per heavy atom. The third-order valence-electron chi connectivity index (χ3n) is 10.6. The second kappa shape index (κ2) is 10.3. The second-order valence-electron chi connectivity index (χ2n) is 15.1. The quantitative estimate of drug-likeness (QED) is 0.256. The van der Waals surface area contributed by atoms with E-state index in [-0.39, 0.29) is 41.6 Å². The van der Waals surface area contributed by atoms with E-state index in [0.717, 1.165) is 30.0 Å². The SMILES string of the molecule is CC(=O)C1=C(O)[C@]2(O)C(=O)C3=C(O)c4c(O)c(C5=CC=C(CC(C)C)C5)cc(C(C)C)c4C[C@]3(C)C[C@]2(C)C(C(C)C)C1=O. The number of allylic oxidation sites excluding steroid dienone is 5. The summed E-state index contributed by atoms with van der Waals surface area (Å²) in [6.45, 7) is 16.6. The van der Waals surface area contributed by atoms with Crippen molar-refractivity contribution in [2.24, 2.45) is 28.6 Å². The van der Waals surface area contributed by atoms with Crippen LogP contribution in [-0.2, 0) is 20.8 Å². The van der Waals surface area contributed by atoms with E-state index in [1.165, 1.54) is 5.57 Å². The van der Waals surface area contributed by atoms with Crippen molar-refractivity contribution in [3.63, 3.8) is 0 Å². The van der Waals surface area contributed by atoms with E-state index in [4.69, 9.17) is 0 Å². The Morgan fingerprint density at radius 3 is 2.20 bits per heavy atom. The number of hydrogen-bond donors (Lipinski definition) is 4. The van der Waals surface area contributed by atoms with Crippen LogP contribution in [0.15, 0.2) is 40.7 Å². The molecular formula is C37H46O7. The van der Waals surface area contributed by atoms with Crippen molar-refractivity contribution in [1.82, 2.24) is 0 Å². The summed E-state index contributed by atoms with van der Waals surface area (Å²) in [4.78, 5) is 41.0. The summed E-state index contributed by atoms with van der Waals surface area (Å²) in [7, 11) is 0. The second-order valence-corrected chi connectivity index (χ2v) is 15.1. The van der Waals surface area contributed by atoms with Gasteiger partial charge in [0.1, 0.15) is 22.8 Å². The van der Waals surface area contributed by atoms with Crippen LogP contribution in [0.5, 0.6) is 5.75 Å². The van der Waals surface area contributed by atoms with Gasteiger partial charge in [0.2, 0.25) is 5.78 Å². The maximum atomic E-state index is 14.6. The molecule has 7 nitrogen and oxygen atoms in total. The predicted octanol–water partition coefficient (Wildman–Crippen LogP) is 7.07. The number of aliphatic hydroxyl groups is 3. The molecule has 0 bridgehead atoms. The molecule has 7 heteroatoms. The number of carbonyl (C=O) groups excluding carboxylic acids is 3. The number of ketones is 3. The average Bonchev–Trinajstić information content (AvgIpc) is 3.33. The molecule has 0 saturated heterocycles. The van der Waals surface area contributed by atoms with Gasteiger partial charge in [0.25, 0.3) is 0 Å². The molecule has 0 aromatic heterocycles. The lowest BCUT2D eigenvalue weighted by Gasteiger charge is -2.60. The van der Waals surface area contributed by atoms with Crippen LogP contribution in [0.2, 0.25) is 0 Å². The molecule has 1 unspecified atom stereocenters. The Morgan fingerprint density at radius 2 is 1.66 bits per heavy atom. The molecule has 1 fully saturated rings. The minimum atomic E-state index is -2.62. The molecule has 0 radical (unpaired) electrons. The number of aromatic hydroxyl groups is 1. The molecule has 4 aliphatic rings. The van der Waals surface area contributed by atoms with Crippen LogP contribution in [0.25, 0.3) is 11.3 Å². The fourth-order valence-corrected chi connectivity index (χ4v) is 9.00. The van der Waals surface area contributed by atoms with Crippen LogP contribution in [0.4, 0.5) is 0 Å². The van der Waals surface area contributed by atoms with Crippen LogP contribution < -0.4 is 0 Å². The lowest BCUT2D eigenvalue weighted by molar-refractivity contribution is -0.178. The van der Waals surface area contributed by atoms with Crippen LogP contribution in [0.3, 0.4) is 0 Å². The van der Waals surface area contributed by atoms with Gasteiger partial charge in [-0.15, -0.1) is 0 Å². The summed E-state index contributed by atoms with van der Waals surface area (Å²) in [5, 5.41) is 47.5. The number of rotatable bonds is 6. The summed E-state index contributed by atoms with van der Waals surface area (Å²) < 4.78 is 0. The number of phenols is 1. The first-order valence-corrected chi connectivity index (χ1v) is 15.8. The molecule has 236 valence electrons. The Balaban J connectivity index is 1.76. The molecule has 4 atom stereocenters. The molecule has 1 aromatic rings. The standard InChI is InChI=1S/C37H46O7/c1-17(2)12-21-10-11-22(13-21)24-14-23(18(3)4)25-15-35(8)16-36(9)28(19(5)6)31(40)26(20(7)38)33(42)37(36,44)34(43)29(35)32(41)27(25)30(24)39/h10-11,14,17-19,28,39,41-42,44H,12-13,15-16H2,1-9H3/t28?,35-,36-,37+/m1/s1. The van der Waals surface area contributed by atoms with E-state index in [0.29, 0.717) is 17.9 Å². The number of fused-ring (bicyclic) bond motifs is 3. The van der Waals surface area contributed by atoms with Crippen molar-refractivity contribution >= 4 is 28.7 Å². The number of carbonyl (C=O) groups is 3. The van der Waals surface area contributed by atoms with Crippen LogP contribution >= 0.6 is 0 Å². The lowest BCUT2D eigenvalue weighted by atomic mass is 9.43. The highest BCUT2D eigenvalue weighted by Gasteiger charge is 2.72. The zero-order valence-electron chi connectivity index (χ0n) is 27.4. The van der Waals surface area contributed by atoms with Crippen LogP contribution in [-0.4, -0.2) is 43.4 Å². The van der Waals surface area contributed by atoms with E-state index in [1.54, 1.807) is 20.8 Å². The zero-order chi connectivity index (χ0) is 32.8. The van der Waals surface area contributed by atoms with Gasteiger partial charge < -0.3 is 20.4 Å². The van der Waals surface area contributed by atoms with Crippen LogP contribution in [0, 0.1) is 28.6 Å². The maximum Gasteiger partial charge on any atom is 0.203 e. The lowest BCUT2D eigenvalue weighted by Crippen LogP contribution is -2.69. The molecule has 1 aromatic carbocycles. The number of phenolic OH excluding ortho intramolecular Hbond substituents is 1. The topological polar surface area (TPSA) is 132 Å². The molecular weight excluding hydrogens is 556 g/mol. The fourth-order valence-electron chi connectivity index (χ4n) is 9.00. The molecule has 0 amide bonds. The number of benzene rings is 1. The highest BCUT2D eigenvalue weighted by molar-refractivity contribution is 6.24. The largest absolute Gasteiger partial charge is 0.508 e. The first-order valence-electron chi connectivity index (χ1n) is 15.8. The zero-order valence-corrected chi connectivity index (χ0v) is 27.4. The van der Waals surface area contributed by atoms with E-state index >= 15 is 0 Å². The summed E-state index contributed by atoms with van der Waals surface area (Å²) in [6.07, 6.45) is 6.04. The van der Waals surface area contributed by atoms with Gasteiger partial charge in [-0.2, -0.15) is 0 Å². The third kappa shape index (κ3) is 4.22. The minimum absolute atomic E-state index is 0.0303. The van der Waals surface area contributed by atoms with E-state index in [9.17, 15) is 34.8 Å². The predicted molar refractivity (Wildman–Crippen MR) is 170 cm³/mol. The van der Waals surface area contributed by atoms with Gasteiger partial charge in [-0.3, -0.25) is 14.4 Å². The van der Waals surface area contributed by atoms with E-state index in [2.05, 4.69) is 19.9 Å². The number of hydrogen-bond acceptors (Lipinski definition) is 7. The molecule has 0 heterocycles. The Kier molecular flexibility index (Phi) is 7.48. The normalized spacial score (nSPS) is 30.2. The monoisotopic (exact) mass is 602 g/mol. The fraction of sp³-hybridized carbons (Fsp3) is 0.541. The van der Waals surface area contributed by atoms with Gasteiger partial charge in [-0.25, -0.2) is 0 Å². The molecule has 4 N–H and O–H groups in total. The van der Waals surface area contributed by atoms with Crippen molar-refractivity contribution < 1.29 is 34.8 Å². The van der Waals surface area contributed by atoms with Crippen molar-refractivity contribution in [3.8, 4) is 5.75 Å². The van der Waals surface area contributed by atoms with E-state index < -0.39 is 56.8 Å². The molecule has 5 rings (SSSR count). The Bertz CT molecular complexity index is 1630. The van der Waals surface area contributed by atoms with Gasteiger partial charge >= 0.3 is 0 Å². The van der Waals surface area contributed by atoms with Crippen molar-refractivity contribution in [2.45, 2.75) is 99.5 Å². The van der Waals surface area contributed by atoms with Crippen molar-refractivity contribution in [2.75, 3.05) is 0 Å². The van der Waals surface area contributed by atoms with E-state index in [1.807, 2.05) is 32.9 Å². The molecule has 1 saturated carbocycles. The van der Waals surface area contributed by atoms with Crippen molar-refractivity contribution in [1.29, 1.82) is 0 Å². The number of aliphatic hydroxyl groups excluding tert-OH is 2. The highest BCUT2D eigenvalue weighted by atomic mass is 16.3. The molecule has 4 aliphatic carbocycles. The summed E-state index contributed by atoms with van der Waals surface area (Å²) in [6, 6.07) is 2.00. The first kappa shape index (κ1) is 32.0. The smallest absolute Gasteiger partial charge is 0.203 e. The van der Waals surface area contributed by atoms with Crippen molar-refractivity contribution in [3.05, 3.63) is 63.0 Å². The molecule has 0 aliphatic heterocycles. The Hall–Kier alpha value is -3.45. The average molecular weight is 603 g/mol. The van der Waals surface area contributed by atoms with Gasteiger partial charge in [0.05, 0.1) is 5.56 Å². The van der Waals surface area contributed by atoms with Gasteiger partial charge in [0.15, 0.2) is 17.2 Å². The summed E-state index contributed by atoms with van der Waals surface area (Å²) in [5.41, 5.74) is -1.18. The summed E-state index contributed by atoms with van der Waals surface area (Å²) in [5.74, 6) is -4.55.